The van der Waals surface area contributed by atoms with Gasteiger partial charge >= 0.3 is 42.3 Å². The molecule has 7 heterocycles. The molecule has 0 atom stereocenters. The van der Waals surface area contributed by atoms with Gasteiger partial charge in [-0.3, -0.25) is 9.36 Å². The molecule has 572 valence electrons. The molecule has 3 aliphatic rings. The number of nitrogens with one attached hydrogen (secondary N) is 1. The van der Waals surface area contributed by atoms with Crippen LogP contribution in [-0.4, -0.2) is 115 Å². The summed E-state index contributed by atoms with van der Waals surface area (Å²) >= 11 is 0. The number of hydrogen-bond donors (Lipinski definition) is 1. The molecule has 1 N–H and O–H groups in total. The van der Waals surface area contributed by atoms with Crippen molar-refractivity contribution in [3.8, 4) is 41.2 Å². The van der Waals surface area contributed by atoms with Gasteiger partial charge in [0.15, 0.2) is 31.3 Å². The Morgan fingerprint density at radius 3 is 1.12 bits per heavy atom. The number of rotatable bonds is 17. The maximum atomic E-state index is 11.9. The molecule has 7 aromatic rings. The van der Waals surface area contributed by atoms with E-state index < -0.39 is 38.3 Å². The summed E-state index contributed by atoms with van der Waals surface area (Å²) in [4.78, 5) is 7.35. The van der Waals surface area contributed by atoms with Crippen LogP contribution in [0.4, 0.5) is 39.5 Å². The fraction of sp³-hybridized carbons (Fsp3) is 0.704. The van der Waals surface area contributed by atoms with E-state index in [9.17, 15) is 39.5 Å². The van der Waals surface area contributed by atoms with Crippen LogP contribution in [0.5, 0.6) is 41.2 Å². The molecule has 3 fully saturated rings. The quantitative estimate of drug-likeness (QED) is 0.0835. The first-order chi connectivity index (χ1) is 46.1. The van der Waals surface area contributed by atoms with Crippen LogP contribution in [0, 0.1) is 31.6 Å². The highest BCUT2D eigenvalue weighted by molar-refractivity contribution is 5.31. The van der Waals surface area contributed by atoms with E-state index in [0.717, 1.165) is 72.0 Å². The maximum absolute atomic E-state index is 11.9. The summed E-state index contributed by atoms with van der Waals surface area (Å²) < 4.78 is 165. The molecule has 0 spiro atoms. The maximum Gasteiger partial charge on any atom is 0.422 e. The second-order valence-corrected chi connectivity index (χ2v) is 32.3. The third-order valence-corrected chi connectivity index (χ3v) is 14.4. The van der Waals surface area contributed by atoms with E-state index in [-0.39, 0.29) is 55.8 Å². The fourth-order valence-corrected chi connectivity index (χ4v) is 8.01. The number of halogens is 9. The third-order valence-electron chi connectivity index (χ3n) is 14.4. The Bertz CT molecular complexity index is 3380. The van der Waals surface area contributed by atoms with Crippen LogP contribution in [0.1, 0.15) is 231 Å². The van der Waals surface area contributed by atoms with Gasteiger partial charge < -0.3 is 56.2 Å². The Morgan fingerprint density at radius 2 is 0.792 bits per heavy atom. The largest absolute Gasteiger partial charge is 0.490 e. The molecule has 0 radical (unpaired) electrons. The summed E-state index contributed by atoms with van der Waals surface area (Å²) in [5, 5.41) is 23.6. The van der Waals surface area contributed by atoms with Crippen molar-refractivity contribution in [3.05, 3.63) is 82.8 Å². The fourth-order valence-electron chi connectivity index (χ4n) is 8.01. The van der Waals surface area contributed by atoms with Crippen molar-refractivity contribution < 1.29 is 90.8 Å². The molecule has 0 saturated heterocycles. The van der Waals surface area contributed by atoms with E-state index in [0.29, 0.717) is 35.5 Å². The van der Waals surface area contributed by atoms with E-state index in [4.69, 9.17) is 32.5 Å². The first-order valence-corrected chi connectivity index (χ1v) is 33.7. The number of ether oxygens (including phenoxy) is 7. The zero-order valence-electron chi connectivity index (χ0n) is 63.4. The number of H-pyrrole nitrogens is 1. The van der Waals surface area contributed by atoms with Crippen LogP contribution >= 0.6 is 0 Å². The molecule has 0 aliphatic heterocycles. The predicted molar refractivity (Wildman–Crippen MR) is 362 cm³/mol. The summed E-state index contributed by atoms with van der Waals surface area (Å²) in [5.41, 5.74) is 3.99. The smallest absolute Gasteiger partial charge is 0.422 e. The van der Waals surface area contributed by atoms with Crippen molar-refractivity contribution in [2.45, 2.75) is 261 Å². The van der Waals surface area contributed by atoms with Crippen LogP contribution in [0.2, 0.25) is 0 Å². The monoisotopic (exact) mass is 1450 g/mol. The van der Waals surface area contributed by atoms with Crippen molar-refractivity contribution >= 4 is 0 Å². The molecule has 30 heteroatoms. The highest BCUT2D eigenvalue weighted by atomic mass is 19.4. The number of aromatic amines is 1. The van der Waals surface area contributed by atoms with E-state index in [2.05, 4.69) is 143 Å². The van der Waals surface area contributed by atoms with Gasteiger partial charge in [-0.15, -0.1) is 0 Å². The topological polar surface area (TPSA) is 233 Å². The number of nitrogens with zero attached hydrogens (tertiary/aromatic N) is 9. The second kappa shape index (κ2) is 35.1. The standard InChI is InChI=1S/C12H19NO2.C11H18N2O.C11H17NO2.C10H14F3NO2.C9H13F3N2O.C9H12F3NO2.C9H16N2O/c1-8-10(12(2,3)4)13-15-11(8)14-7-9-5-6-9;1-11(2,3)13-7-10(6-12-13)14-8-9-4-5-9;1-11(2,3)9-6-10(14-12-9)13-7-8-4-5-8;1-6-7(9(2,3)4)14-16-8(6)15-5-10(11,12)13;1-8(2,3)14-5-7(4-13-14)15-6-9(10,11)12;1-8(2,3)6-4-7(15-13-6)14-5-9(10,11)12;1-5-12-7-6-10-8(11-7)9(2,3)4/h9H,5-7H2,1-4H3;6-7,9H,4-5,8H2,1-3H3;6,8H,4-5,7H2,1-3H3;5H2,1-4H3;4-5H,6H2,1-3H3;4H,5H2,1-3H3;6H,5H2,1-4H3,(H,10,11). The molecule has 0 aromatic carbocycles. The van der Waals surface area contributed by atoms with Gasteiger partial charge in [-0.25, -0.2) is 4.98 Å². The first kappa shape index (κ1) is 85.8. The molecular weight excluding hydrogens is 1340 g/mol. The first-order valence-electron chi connectivity index (χ1n) is 33.7. The van der Waals surface area contributed by atoms with Crippen LogP contribution < -0.4 is 33.2 Å². The Balaban J connectivity index is 0.000000250. The highest BCUT2D eigenvalue weighted by Crippen LogP contribution is 2.36. The van der Waals surface area contributed by atoms with Gasteiger partial charge in [0.05, 0.1) is 102 Å². The summed E-state index contributed by atoms with van der Waals surface area (Å²) in [7, 11) is 0. The predicted octanol–water partition coefficient (Wildman–Crippen LogP) is 19.1. The summed E-state index contributed by atoms with van der Waals surface area (Å²) in [6, 6.07) is 3.26. The SMILES string of the molecule is CC(C)(C)c1cc(OCC(F)(F)F)on1.CC(C)(C)c1cc(OCC2CC2)on1.CC(C)(C)n1cc(OCC(F)(F)F)cn1.CC(C)(C)n1cc(OCC2CC2)cn1.CCOc1cnc(C(C)(C)C)[nH]1.Cc1c(C(C)(C)C)noc1OCC(F)(F)F.Cc1c(C(C)(C)C)noc1OCC1CC1. The van der Waals surface area contributed by atoms with Crippen molar-refractivity contribution in [1.82, 2.24) is 50.2 Å². The van der Waals surface area contributed by atoms with E-state index in [1.165, 1.54) is 57.0 Å². The lowest BCUT2D eigenvalue weighted by atomic mass is 9.90. The average molecular weight is 1450 g/mol. The molecule has 7 aromatic heterocycles. The minimum absolute atomic E-state index is 0.0226. The van der Waals surface area contributed by atoms with E-state index >= 15 is 0 Å². The van der Waals surface area contributed by atoms with Gasteiger partial charge in [0.1, 0.15) is 5.82 Å². The zero-order chi connectivity index (χ0) is 76.5. The van der Waals surface area contributed by atoms with Gasteiger partial charge in [0.2, 0.25) is 5.88 Å². The lowest BCUT2D eigenvalue weighted by molar-refractivity contribution is -0.157. The summed E-state index contributed by atoms with van der Waals surface area (Å²) in [6.45, 7) is 47.1. The van der Waals surface area contributed by atoms with Gasteiger partial charge in [-0.2, -0.15) is 49.7 Å². The highest BCUT2D eigenvalue weighted by Gasteiger charge is 2.34. The third kappa shape index (κ3) is 33.4. The van der Waals surface area contributed by atoms with Crippen LogP contribution in [0.25, 0.3) is 0 Å². The van der Waals surface area contributed by atoms with E-state index in [1.807, 2.05) is 93.1 Å². The van der Waals surface area contributed by atoms with Gasteiger partial charge in [0.25, 0.3) is 0 Å². The molecule has 3 aliphatic carbocycles. The average Bonchev–Trinajstić information content (AvgIpc) is 1.54. The lowest BCUT2D eigenvalue weighted by Crippen LogP contribution is -2.22. The van der Waals surface area contributed by atoms with Gasteiger partial charge in [0, 0.05) is 39.2 Å². The molecule has 3 saturated carbocycles. The van der Waals surface area contributed by atoms with Crippen LogP contribution in [0.15, 0.2) is 61.2 Å². The van der Waals surface area contributed by atoms with Crippen molar-refractivity contribution in [3.63, 3.8) is 0 Å². The van der Waals surface area contributed by atoms with Gasteiger partial charge in [-0.05, 0) is 119 Å². The summed E-state index contributed by atoms with van der Waals surface area (Å²) in [5.74, 6) is 5.81. The van der Waals surface area contributed by atoms with Crippen LogP contribution in [-0.2, 0) is 38.2 Å². The number of hydrogen-bond acceptors (Lipinski definition) is 18. The Hall–Kier alpha value is -7.56. The van der Waals surface area contributed by atoms with Crippen molar-refractivity contribution in [1.29, 1.82) is 0 Å². The minimum Gasteiger partial charge on any atom is -0.490 e. The minimum atomic E-state index is -4.37. The second-order valence-electron chi connectivity index (χ2n) is 32.3. The molecule has 10 rings (SSSR count). The normalized spacial score (nSPS) is 14.5. The summed E-state index contributed by atoms with van der Waals surface area (Å²) in [6.07, 6.45) is 2.99. The number of alkyl halides is 9. The van der Waals surface area contributed by atoms with Crippen molar-refractivity contribution in [2.24, 2.45) is 17.8 Å². The molecular formula is C71H109F9N10O11. The number of aromatic nitrogens is 10. The Morgan fingerprint density at radius 1 is 0.426 bits per heavy atom. The Kier molecular flexibility index (Phi) is 29.8. The van der Waals surface area contributed by atoms with Gasteiger partial charge in [-0.1, -0.05) is 124 Å². The molecule has 101 heavy (non-hydrogen) atoms. The molecule has 0 amide bonds. The molecule has 21 nitrogen and oxygen atoms in total. The molecule has 0 bridgehead atoms. The Labute approximate surface area is 588 Å². The van der Waals surface area contributed by atoms with Crippen LogP contribution in [0.3, 0.4) is 0 Å². The zero-order valence-corrected chi connectivity index (χ0v) is 63.4. The molecule has 0 unspecified atom stereocenters. The van der Waals surface area contributed by atoms with E-state index in [1.54, 1.807) is 24.0 Å². The lowest BCUT2D eigenvalue weighted by Gasteiger charge is -2.18. The number of imidazole rings is 1. The van der Waals surface area contributed by atoms with Crippen molar-refractivity contribution in [2.75, 3.05) is 46.2 Å².